The second kappa shape index (κ2) is 5.64. The van der Waals surface area contributed by atoms with Gasteiger partial charge in [-0.3, -0.25) is 9.36 Å². The molecular weight excluding hydrogens is 258 g/mol. The van der Waals surface area contributed by atoms with Crippen LogP contribution in [-0.4, -0.2) is 45.1 Å². The largest absolute Gasteiger partial charge is 0.444 e. The Morgan fingerprint density at radius 3 is 2.70 bits per heavy atom. The third-order valence-corrected chi connectivity index (χ3v) is 3.18. The monoisotopic (exact) mass is 279 g/mol. The normalized spacial score (nSPS) is 19.8. The number of hydrogen-bond acceptors (Lipinski definition) is 4. The minimum Gasteiger partial charge on any atom is -0.444 e. The van der Waals surface area contributed by atoms with Crippen molar-refractivity contribution in [3.05, 3.63) is 18.7 Å². The first-order valence-corrected chi connectivity index (χ1v) is 6.87. The maximum atomic E-state index is 12.3. The molecule has 1 fully saturated rings. The van der Waals surface area contributed by atoms with Crippen LogP contribution in [0.5, 0.6) is 0 Å². The Morgan fingerprint density at radius 1 is 1.35 bits per heavy atom. The lowest BCUT2D eigenvalue weighted by Gasteiger charge is -2.33. The van der Waals surface area contributed by atoms with Crippen LogP contribution >= 0.6 is 0 Å². The predicted octanol–water partition coefficient (Wildman–Crippen LogP) is 2.17. The number of ether oxygens (including phenoxy) is 1. The van der Waals surface area contributed by atoms with E-state index in [2.05, 4.69) is 4.98 Å². The zero-order valence-corrected chi connectivity index (χ0v) is 12.2. The quantitative estimate of drug-likeness (QED) is 0.790. The van der Waals surface area contributed by atoms with E-state index in [1.807, 2.05) is 20.8 Å². The van der Waals surface area contributed by atoms with Crippen molar-refractivity contribution in [2.45, 2.75) is 39.2 Å². The van der Waals surface area contributed by atoms with E-state index in [4.69, 9.17) is 4.74 Å². The van der Waals surface area contributed by atoms with Crippen molar-refractivity contribution in [2.75, 3.05) is 13.1 Å². The van der Waals surface area contributed by atoms with Crippen molar-refractivity contribution >= 4 is 12.0 Å². The molecule has 0 unspecified atom stereocenters. The molecular formula is C14H21N3O3. The molecule has 0 aliphatic carbocycles. The van der Waals surface area contributed by atoms with E-state index in [1.165, 1.54) is 10.9 Å². The first kappa shape index (κ1) is 14.6. The first-order valence-electron chi connectivity index (χ1n) is 6.87. The molecule has 6 nitrogen and oxygen atoms in total. The van der Waals surface area contributed by atoms with Gasteiger partial charge in [-0.1, -0.05) is 0 Å². The summed E-state index contributed by atoms with van der Waals surface area (Å²) in [6.45, 7) is 6.56. The van der Waals surface area contributed by atoms with Crippen LogP contribution in [0.15, 0.2) is 18.7 Å². The Hall–Kier alpha value is -1.85. The predicted molar refractivity (Wildman–Crippen MR) is 73.4 cm³/mol. The zero-order valence-electron chi connectivity index (χ0n) is 12.2. The van der Waals surface area contributed by atoms with Gasteiger partial charge in [0.2, 0.25) is 5.91 Å². The van der Waals surface area contributed by atoms with Gasteiger partial charge in [0.1, 0.15) is 11.9 Å². The SMILES string of the molecule is CC(C)(C)OC(=O)N1CCC[C@H](C(=O)n2ccnc2)C1. The average molecular weight is 279 g/mol. The van der Waals surface area contributed by atoms with Gasteiger partial charge in [0.25, 0.3) is 0 Å². The summed E-state index contributed by atoms with van der Waals surface area (Å²) in [5.41, 5.74) is -0.515. The lowest BCUT2D eigenvalue weighted by atomic mass is 9.97. The van der Waals surface area contributed by atoms with E-state index in [0.29, 0.717) is 13.1 Å². The fraction of sp³-hybridized carbons (Fsp3) is 0.643. The number of carbonyl (C=O) groups is 2. The minimum absolute atomic E-state index is 0.0178. The van der Waals surface area contributed by atoms with Crippen LogP contribution in [0.25, 0.3) is 0 Å². The minimum atomic E-state index is -0.515. The average Bonchev–Trinajstić information content (AvgIpc) is 2.90. The Morgan fingerprint density at radius 2 is 2.10 bits per heavy atom. The zero-order chi connectivity index (χ0) is 14.8. The van der Waals surface area contributed by atoms with E-state index in [0.717, 1.165) is 12.8 Å². The van der Waals surface area contributed by atoms with Gasteiger partial charge >= 0.3 is 6.09 Å². The van der Waals surface area contributed by atoms with Crippen molar-refractivity contribution in [3.63, 3.8) is 0 Å². The van der Waals surface area contributed by atoms with Crippen LogP contribution in [0.2, 0.25) is 0 Å². The summed E-state index contributed by atoms with van der Waals surface area (Å²) in [6, 6.07) is 0. The Labute approximate surface area is 118 Å². The van der Waals surface area contributed by atoms with Crippen LogP contribution in [0, 0.1) is 5.92 Å². The topological polar surface area (TPSA) is 64.4 Å². The highest BCUT2D eigenvalue weighted by molar-refractivity contribution is 5.82. The molecule has 2 heterocycles. The number of imidazole rings is 1. The molecule has 0 bridgehead atoms. The van der Waals surface area contributed by atoms with Crippen molar-refractivity contribution in [1.29, 1.82) is 0 Å². The first-order chi connectivity index (χ1) is 9.37. The highest BCUT2D eigenvalue weighted by Crippen LogP contribution is 2.20. The summed E-state index contributed by atoms with van der Waals surface area (Å²) in [6.07, 6.45) is 5.96. The maximum absolute atomic E-state index is 12.3. The fourth-order valence-electron chi connectivity index (χ4n) is 2.27. The molecule has 110 valence electrons. The summed E-state index contributed by atoms with van der Waals surface area (Å²) < 4.78 is 6.83. The van der Waals surface area contributed by atoms with Gasteiger partial charge < -0.3 is 9.64 Å². The van der Waals surface area contributed by atoms with Crippen LogP contribution in [0.1, 0.15) is 38.4 Å². The van der Waals surface area contributed by atoms with Gasteiger partial charge in [0.15, 0.2) is 0 Å². The van der Waals surface area contributed by atoms with Gasteiger partial charge in [-0.15, -0.1) is 0 Å². The van der Waals surface area contributed by atoms with Gasteiger partial charge in [0, 0.05) is 25.5 Å². The lowest BCUT2D eigenvalue weighted by molar-refractivity contribution is 0.0165. The number of rotatable bonds is 1. The molecule has 6 heteroatoms. The summed E-state index contributed by atoms with van der Waals surface area (Å²) in [5.74, 6) is -0.207. The molecule has 1 aromatic heterocycles. The van der Waals surface area contributed by atoms with E-state index >= 15 is 0 Å². The van der Waals surface area contributed by atoms with E-state index in [1.54, 1.807) is 17.3 Å². The van der Waals surface area contributed by atoms with Gasteiger partial charge in [-0.2, -0.15) is 0 Å². The Bertz CT molecular complexity index is 476. The number of aromatic nitrogens is 2. The molecule has 20 heavy (non-hydrogen) atoms. The van der Waals surface area contributed by atoms with Crippen molar-refractivity contribution in [3.8, 4) is 0 Å². The molecule has 1 aliphatic heterocycles. The van der Waals surface area contributed by atoms with Crippen molar-refractivity contribution in [2.24, 2.45) is 5.92 Å². The lowest BCUT2D eigenvalue weighted by Crippen LogP contribution is -2.45. The summed E-state index contributed by atoms with van der Waals surface area (Å²) in [4.78, 5) is 29.8. The van der Waals surface area contributed by atoms with Crippen LogP contribution in [0.3, 0.4) is 0 Å². The van der Waals surface area contributed by atoms with Crippen molar-refractivity contribution < 1.29 is 14.3 Å². The molecule has 0 radical (unpaired) electrons. The van der Waals surface area contributed by atoms with Crippen LogP contribution in [0.4, 0.5) is 4.79 Å². The molecule has 0 aromatic carbocycles. The third kappa shape index (κ3) is 3.59. The Balaban J connectivity index is 1.98. The van der Waals surface area contributed by atoms with E-state index < -0.39 is 5.60 Å². The van der Waals surface area contributed by atoms with Gasteiger partial charge in [-0.25, -0.2) is 9.78 Å². The molecule has 0 N–H and O–H groups in total. The number of amides is 1. The highest BCUT2D eigenvalue weighted by Gasteiger charge is 2.31. The maximum Gasteiger partial charge on any atom is 0.410 e. The number of likely N-dealkylation sites (tertiary alicyclic amines) is 1. The summed E-state index contributed by atoms with van der Waals surface area (Å²) in [5, 5.41) is 0. The second-order valence-corrected chi connectivity index (χ2v) is 6.07. The van der Waals surface area contributed by atoms with Crippen LogP contribution in [-0.2, 0) is 4.74 Å². The molecule has 0 spiro atoms. The number of carbonyl (C=O) groups excluding carboxylic acids is 2. The molecule has 1 saturated heterocycles. The Kier molecular flexibility index (Phi) is 4.11. The number of hydrogen-bond donors (Lipinski definition) is 0. The molecule has 1 aliphatic rings. The number of nitrogens with zero attached hydrogens (tertiary/aromatic N) is 3. The molecule has 0 saturated carbocycles. The summed E-state index contributed by atoms with van der Waals surface area (Å²) in [7, 11) is 0. The molecule has 1 aromatic rings. The standard InChI is InChI=1S/C14H21N3O3/c1-14(2,3)20-13(19)16-7-4-5-11(9-16)12(18)17-8-6-15-10-17/h6,8,10-11H,4-5,7,9H2,1-3H3/t11-/m0/s1. The smallest absolute Gasteiger partial charge is 0.410 e. The highest BCUT2D eigenvalue weighted by atomic mass is 16.6. The van der Waals surface area contributed by atoms with Gasteiger partial charge in [0.05, 0.1) is 5.92 Å². The van der Waals surface area contributed by atoms with E-state index in [-0.39, 0.29) is 17.9 Å². The van der Waals surface area contributed by atoms with Crippen LogP contribution < -0.4 is 0 Å². The third-order valence-electron chi connectivity index (χ3n) is 3.18. The van der Waals surface area contributed by atoms with E-state index in [9.17, 15) is 9.59 Å². The summed E-state index contributed by atoms with van der Waals surface area (Å²) >= 11 is 0. The molecule has 1 atom stereocenters. The van der Waals surface area contributed by atoms with Gasteiger partial charge in [-0.05, 0) is 33.6 Å². The molecule has 1 amide bonds. The second-order valence-electron chi connectivity index (χ2n) is 6.07. The molecule has 2 rings (SSSR count). The number of piperidine rings is 1. The van der Waals surface area contributed by atoms with Crippen molar-refractivity contribution in [1.82, 2.24) is 14.5 Å². The fourth-order valence-corrected chi connectivity index (χ4v) is 2.27.